The Morgan fingerprint density at radius 2 is 1.21 bits per heavy atom. The van der Waals surface area contributed by atoms with Gasteiger partial charge in [-0.2, -0.15) is 0 Å². The second kappa shape index (κ2) is 10.9. The molecule has 0 saturated heterocycles. The van der Waals surface area contributed by atoms with Crippen LogP contribution in [0.1, 0.15) is 98.3 Å². The van der Waals surface area contributed by atoms with Gasteiger partial charge in [0.05, 0.1) is 0 Å². The lowest BCUT2D eigenvalue weighted by Gasteiger charge is -2.40. The molecule has 0 fully saturated rings. The van der Waals surface area contributed by atoms with Gasteiger partial charge in [0.2, 0.25) is 0 Å². The first-order valence-corrected chi connectivity index (χ1v) is 15.3. The zero-order chi connectivity index (χ0) is 26.2. The number of hydrogen-bond donors (Lipinski definition) is 0. The summed E-state index contributed by atoms with van der Waals surface area (Å²) in [6.45, 7) is 8.86. The van der Waals surface area contributed by atoms with Gasteiger partial charge in [-0.05, 0) is 77.0 Å². The Bertz CT molecular complexity index is 1200. The van der Waals surface area contributed by atoms with Crippen LogP contribution in [-0.4, -0.2) is 41.2 Å². The monoisotopic (exact) mass is 513 g/mol. The molecule has 7 atom stereocenters. The van der Waals surface area contributed by atoms with E-state index in [1.165, 1.54) is 31.4 Å². The molecular weight excluding hydrogens is 470 g/mol. The molecule has 6 rings (SSSR count). The Balaban J connectivity index is 1.29. The smallest absolute Gasteiger partial charge is 0.135 e. The van der Waals surface area contributed by atoms with Gasteiger partial charge in [-0.25, -0.2) is 34.9 Å². The SMILES string of the molecule is C/C=C1/N=CN=C2N=C3N=C4N=C5N=C6N=C(CC)C(CC)CC6CC5CC4CC3CC2CCCC1CC. The second-order valence-corrected chi connectivity index (χ2v) is 12.1. The second-order valence-electron chi connectivity index (χ2n) is 12.1. The van der Waals surface area contributed by atoms with Gasteiger partial charge in [0.1, 0.15) is 35.5 Å². The molecule has 0 amide bonds. The standard InChI is InChI=1S/C31H43N7/c1-5-18-10-9-11-20-13-22-15-24-16-23-14-21-12-19(6-2)26(8-4)34-28(21)36-30(23)38-31(24)37-29(22)35-27(20)33-17-32-25(18)7-3/h7,17-24H,5-6,8-16H2,1-4H3/b25-7+,32-17?,33-27?. The minimum Gasteiger partial charge on any atom is -0.242 e. The van der Waals surface area contributed by atoms with Crippen molar-refractivity contribution in [3.8, 4) is 0 Å². The molecule has 0 saturated carbocycles. The Morgan fingerprint density at radius 3 is 1.79 bits per heavy atom. The summed E-state index contributed by atoms with van der Waals surface area (Å²) in [5, 5.41) is 0. The van der Waals surface area contributed by atoms with E-state index < -0.39 is 0 Å². The number of aliphatic imine (C=N–C) groups is 7. The molecule has 202 valence electrons. The van der Waals surface area contributed by atoms with Crippen LogP contribution in [0.3, 0.4) is 0 Å². The van der Waals surface area contributed by atoms with Gasteiger partial charge in [-0.1, -0.05) is 33.3 Å². The first-order chi connectivity index (χ1) is 18.6. The molecule has 0 aromatic carbocycles. The fraction of sp³-hybridized carbons (Fsp3) is 0.710. The zero-order valence-electron chi connectivity index (χ0n) is 23.6. The van der Waals surface area contributed by atoms with E-state index in [2.05, 4.69) is 33.8 Å². The Kier molecular flexibility index (Phi) is 7.37. The molecule has 6 aliphatic heterocycles. The fourth-order valence-electron chi connectivity index (χ4n) is 7.71. The highest BCUT2D eigenvalue weighted by molar-refractivity contribution is 6.15. The normalized spacial score (nSPS) is 37.6. The van der Waals surface area contributed by atoms with Crippen molar-refractivity contribution >= 4 is 41.2 Å². The summed E-state index contributed by atoms with van der Waals surface area (Å²) in [6.07, 6.45) is 16.4. The Hall–Kier alpha value is -2.57. The molecule has 0 aliphatic carbocycles. The Labute approximate surface area is 227 Å². The molecule has 0 radical (unpaired) electrons. The van der Waals surface area contributed by atoms with Gasteiger partial charge < -0.3 is 0 Å². The van der Waals surface area contributed by atoms with E-state index in [0.717, 1.165) is 79.8 Å². The van der Waals surface area contributed by atoms with E-state index >= 15 is 0 Å². The van der Waals surface area contributed by atoms with E-state index in [4.69, 9.17) is 34.9 Å². The van der Waals surface area contributed by atoms with Gasteiger partial charge in [0.15, 0.2) is 0 Å². The average molecular weight is 514 g/mol. The number of allylic oxidation sites excluding steroid dienone is 2. The van der Waals surface area contributed by atoms with E-state index in [-0.39, 0.29) is 0 Å². The predicted octanol–water partition coefficient (Wildman–Crippen LogP) is 7.10. The van der Waals surface area contributed by atoms with Crippen LogP contribution in [0.25, 0.3) is 0 Å². The van der Waals surface area contributed by atoms with Crippen molar-refractivity contribution in [1.82, 2.24) is 0 Å². The molecule has 6 aliphatic rings. The highest BCUT2D eigenvalue weighted by atomic mass is 15.1. The van der Waals surface area contributed by atoms with Gasteiger partial charge in [-0.3, -0.25) is 0 Å². The van der Waals surface area contributed by atoms with E-state index in [1.54, 1.807) is 6.34 Å². The molecule has 7 nitrogen and oxygen atoms in total. The minimum absolute atomic E-state index is 0.403. The van der Waals surface area contributed by atoms with Crippen molar-refractivity contribution in [1.29, 1.82) is 0 Å². The number of fused-ring (bicyclic) bond motifs is 5. The van der Waals surface area contributed by atoms with E-state index in [9.17, 15) is 0 Å². The maximum absolute atomic E-state index is 5.06. The lowest BCUT2D eigenvalue weighted by molar-refractivity contribution is 0.346. The zero-order valence-corrected chi connectivity index (χ0v) is 23.6. The summed E-state index contributed by atoms with van der Waals surface area (Å²) < 4.78 is 0. The lowest BCUT2D eigenvalue weighted by atomic mass is 9.72. The fourth-order valence-corrected chi connectivity index (χ4v) is 7.71. The molecule has 7 heteroatoms. The molecular formula is C31H43N7. The summed E-state index contributed by atoms with van der Waals surface area (Å²) in [5.74, 6) is 8.07. The van der Waals surface area contributed by atoms with Crippen molar-refractivity contribution in [3.05, 3.63) is 11.8 Å². The van der Waals surface area contributed by atoms with Crippen molar-refractivity contribution in [3.63, 3.8) is 0 Å². The number of amidine groups is 5. The molecule has 0 N–H and O–H groups in total. The largest absolute Gasteiger partial charge is 0.242 e. The van der Waals surface area contributed by atoms with Crippen LogP contribution < -0.4 is 0 Å². The summed E-state index contributed by atoms with van der Waals surface area (Å²) in [6, 6.07) is 0. The Morgan fingerprint density at radius 1 is 0.658 bits per heavy atom. The minimum atomic E-state index is 0.403. The molecule has 0 aromatic heterocycles. The number of rotatable bonds is 3. The van der Waals surface area contributed by atoms with Gasteiger partial charge >= 0.3 is 0 Å². The highest BCUT2D eigenvalue weighted by Gasteiger charge is 2.43. The third-order valence-electron chi connectivity index (χ3n) is 9.88. The van der Waals surface area contributed by atoms with Crippen molar-refractivity contribution in [2.24, 2.45) is 76.4 Å². The highest BCUT2D eigenvalue weighted by Crippen LogP contribution is 2.43. The summed E-state index contributed by atoms with van der Waals surface area (Å²) in [4.78, 5) is 34.7. The molecule has 38 heavy (non-hydrogen) atoms. The molecule has 0 spiro atoms. The quantitative estimate of drug-likeness (QED) is 0.385. The van der Waals surface area contributed by atoms with Gasteiger partial charge in [0.25, 0.3) is 0 Å². The average Bonchev–Trinajstić information content (AvgIpc) is 2.94. The topological polar surface area (TPSA) is 86.5 Å². The summed E-state index contributed by atoms with van der Waals surface area (Å²) >= 11 is 0. The summed E-state index contributed by atoms with van der Waals surface area (Å²) in [7, 11) is 0. The van der Waals surface area contributed by atoms with Crippen molar-refractivity contribution in [2.75, 3.05) is 0 Å². The van der Waals surface area contributed by atoms with Gasteiger partial charge in [-0.15, -0.1) is 0 Å². The van der Waals surface area contributed by atoms with Crippen LogP contribution in [0.2, 0.25) is 0 Å². The molecule has 0 aromatic rings. The summed E-state index contributed by atoms with van der Waals surface area (Å²) in [5.41, 5.74) is 2.47. The maximum atomic E-state index is 5.06. The van der Waals surface area contributed by atoms with Crippen LogP contribution in [0.5, 0.6) is 0 Å². The van der Waals surface area contributed by atoms with E-state index in [1.807, 2.05) is 0 Å². The lowest BCUT2D eigenvalue weighted by Crippen LogP contribution is -2.42. The van der Waals surface area contributed by atoms with Crippen molar-refractivity contribution in [2.45, 2.75) is 98.3 Å². The van der Waals surface area contributed by atoms with E-state index in [0.29, 0.717) is 41.4 Å². The van der Waals surface area contributed by atoms with Crippen LogP contribution in [0, 0.1) is 41.4 Å². The van der Waals surface area contributed by atoms with Crippen LogP contribution in [0.4, 0.5) is 0 Å². The first-order valence-electron chi connectivity index (χ1n) is 15.3. The number of hydrogen-bond acceptors (Lipinski definition) is 7. The first kappa shape index (κ1) is 25.7. The maximum Gasteiger partial charge on any atom is 0.135 e. The van der Waals surface area contributed by atoms with Crippen LogP contribution in [-0.2, 0) is 0 Å². The number of nitrogens with zero attached hydrogens (tertiary/aromatic N) is 7. The molecule has 0 bridgehead atoms. The van der Waals surface area contributed by atoms with Gasteiger partial charge in [0, 0.05) is 46.9 Å². The van der Waals surface area contributed by atoms with Crippen LogP contribution in [0.15, 0.2) is 46.7 Å². The molecule has 6 heterocycles. The van der Waals surface area contributed by atoms with Crippen molar-refractivity contribution < 1.29 is 0 Å². The van der Waals surface area contributed by atoms with Crippen LogP contribution >= 0.6 is 0 Å². The third-order valence-corrected chi connectivity index (χ3v) is 9.88. The predicted molar refractivity (Wildman–Crippen MR) is 159 cm³/mol. The third kappa shape index (κ3) is 4.82. The molecule has 7 unspecified atom stereocenters.